The molecule has 0 bridgehead atoms. The molecular formula is C22H18N4O4. The molecule has 0 aliphatic carbocycles. The van der Waals surface area contributed by atoms with Crippen LogP contribution < -0.4 is 10.5 Å². The first-order valence-electron chi connectivity index (χ1n) is 9.86. The highest BCUT2D eigenvalue weighted by atomic mass is 16.3. The lowest BCUT2D eigenvalue weighted by Crippen LogP contribution is -2.61. The average Bonchev–Trinajstić information content (AvgIpc) is 3.18. The summed E-state index contributed by atoms with van der Waals surface area (Å²) in [6.07, 6.45) is 0.545. The second-order valence-electron chi connectivity index (χ2n) is 8.14. The summed E-state index contributed by atoms with van der Waals surface area (Å²) in [5, 5.41) is 12.2. The number of hydrogen-bond donors (Lipinski definition) is 1. The van der Waals surface area contributed by atoms with Crippen LogP contribution in [-0.4, -0.2) is 43.6 Å². The van der Waals surface area contributed by atoms with Gasteiger partial charge in [-0.15, -0.1) is 0 Å². The summed E-state index contributed by atoms with van der Waals surface area (Å²) in [7, 11) is 0. The summed E-state index contributed by atoms with van der Waals surface area (Å²) in [5.41, 5.74) is -0.0647. The fraction of sp³-hybridized carbons (Fsp3) is 0.273. The van der Waals surface area contributed by atoms with Gasteiger partial charge in [0.1, 0.15) is 23.9 Å². The van der Waals surface area contributed by atoms with Crippen LogP contribution in [0.3, 0.4) is 0 Å². The molecule has 2 amide bonds. The molecule has 0 radical (unpaired) electrons. The number of carbonyl (C=O) groups excluding carboxylic acids is 2. The molecule has 3 aliphatic heterocycles. The molecule has 0 unspecified atom stereocenters. The third-order valence-electron chi connectivity index (χ3n) is 6.65. The van der Waals surface area contributed by atoms with E-state index in [2.05, 4.69) is 4.98 Å². The van der Waals surface area contributed by atoms with Crippen molar-refractivity contribution in [1.29, 1.82) is 0 Å². The number of aliphatic hydroxyl groups is 1. The van der Waals surface area contributed by atoms with E-state index in [1.54, 1.807) is 55.5 Å². The van der Waals surface area contributed by atoms with Crippen molar-refractivity contribution < 1.29 is 14.7 Å². The Balaban J connectivity index is 1.57. The molecule has 3 aliphatic rings. The van der Waals surface area contributed by atoms with Crippen LogP contribution in [0.2, 0.25) is 0 Å². The van der Waals surface area contributed by atoms with E-state index in [0.717, 1.165) is 0 Å². The van der Waals surface area contributed by atoms with Gasteiger partial charge in [-0.05, 0) is 25.1 Å². The zero-order valence-electron chi connectivity index (χ0n) is 16.1. The zero-order valence-corrected chi connectivity index (χ0v) is 16.1. The first-order chi connectivity index (χ1) is 14.4. The fourth-order valence-corrected chi connectivity index (χ4v) is 5.26. The van der Waals surface area contributed by atoms with Crippen molar-refractivity contribution in [3.63, 3.8) is 0 Å². The summed E-state index contributed by atoms with van der Waals surface area (Å²) in [5.74, 6) is -0.596. The maximum atomic E-state index is 13.5. The molecule has 4 heterocycles. The van der Waals surface area contributed by atoms with Crippen molar-refractivity contribution in [3.8, 4) is 0 Å². The highest BCUT2D eigenvalue weighted by Crippen LogP contribution is 2.55. The topological polar surface area (TPSA) is 95.7 Å². The van der Waals surface area contributed by atoms with Crippen molar-refractivity contribution in [3.05, 3.63) is 70.8 Å². The van der Waals surface area contributed by atoms with Gasteiger partial charge >= 0.3 is 0 Å². The lowest BCUT2D eigenvalue weighted by atomic mass is 9.82. The summed E-state index contributed by atoms with van der Waals surface area (Å²) in [6, 6.07) is 12.4. The van der Waals surface area contributed by atoms with E-state index in [-0.39, 0.29) is 23.8 Å². The summed E-state index contributed by atoms with van der Waals surface area (Å²) < 4.78 is 1.29. The Labute approximate surface area is 171 Å². The Morgan fingerprint density at radius 2 is 1.77 bits per heavy atom. The number of amides is 2. The molecular weight excluding hydrogens is 384 g/mol. The quantitative estimate of drug-likeness (QED) is 0.658. The molecule has 2 saturated heterocycles. The predicted octanol–water partition coefficient (Wildman–Crippen LogP) is 1.13. The SMILES string of the molecule is C[C@@H]1C(=O)N2c3ccccc3[C@@]3(O)C[C@@H](n4cnc5ccccc5c4=O)C(=O)N1[C@@H]23. The minimum atomic E-state index is -1.47. The molecule has 6 rings (SSSR count). The summed E-state index contributed by atoms with van der Waals surface area (Å²) >= 11 is 0. The number of rotatable bonds is 1. The van der Waals surface area contributed by atoms with Crippen LogP contribution >= 0.6 is 0 Å². The van der Waals surface area contributed by atoms with E-state index in [0.29, 0.717) is 22.2 Å². The molecule has 0 spiro atoms. The average molecular weight is 402 g/mol. The van der Waals surface area contributed by atoms with Crippen LogP contribution in [0.5, 0.6) is 0 Å². The van der Waals surface area contributed by atoms with E-state index >= 15 is 0 Å². The molecule has 2 aromatic carbocycles. The van der Waals surface area contributed by atoms with Gasteiger partial charge in [0.15, 0.2) is 0 Å². The minimum absolute atomic E-state index is 0.0135. The number of aromatic nitrogens is 2. The van der Waals surface area contributed by atoms with Gasteiger partial charge in [-0.1, -0.05) is 30.3 Å². The van der Waals surface area contributed by atoms with Crippen molar-refractivity contribution in [1.82, 2.24) is 14.5 Å². The smallest absolute Gasteiger partial charge is 0.261 e. The number of anilines is 1. The maximum Gasteiger partial charge on any atom is 0.261 e. The number of carbonyl (C=O) groups is 2. The minimum Gasteiger partial charge on any atom is -0.381 e. The second-order valence-corrected chi connectivity index (χ2v) is 8.14. The van der Waals surface area contributed by atoms with Crippen molar-refractivity contribution in [2.45, 2.75) is 37.2 Å². The molecule has 1 aromatic heterocycles. The van der Waals surface area contributed by atoms with Gasteiger partial charge in [-0.2, -0.15) is 0 Å². The van der Waals surface area contributed by atoms with E-state index in [4.69, 9.17) is 0 Å². The Bertz CT molecular complexity index is 1320. The molecule has 2 fully saturated rings. The third-order valence-corrected chi connectivity index (χ3v) is 6.65. The van der Waals surface area contributed by atoms with Crippen LogP contribution in [-0.2, 0) is 15.2 Å². The number of piperidine rings is 1. The predicted molar refractivity (Wildman–Crippen MR) is 108 cm³/mol. The monoisotopic (exact) mass is 402 g/mol. The molecule has 8 nitrogen and oxygen atoms in total. The molecule has 3 aromatic rings. The highest BCUT2D eigenvalue weighted by molar-refractivity contribution is 6.06. The van der Waals surface area contributed by atoms with E-state index in [9.17, 15) is 19.5 Å². The Kier molecular flexibility index (Phi) is 3.21. The van der Waals surface area contributed by atoms with Gasteiger partial charge < -0.3 is 10.0 Å². The Hall–Kier alpha value is -3.52. The van der Waals surface area contributed by atoms with Gasteiger partial charge in [0.25, 0.3) is 11.5 Å². The standard InChI is InChI=1S/C22H18N4O4/c1-12-18(27)26-16-9-5-3-7-14(16)22(30)10-17(20(29)25(12)21(22)26)24-11-23-15-8-4-2-6-13(15)19(24)28/h2-9,11-12,17,21,30H,10H2,1H3/t12-,17-,21+,22+/m1/s1. The van der Waals surface area contributed by atoms with E-state index < -0.39 is 23.9 Å². The highest BCUT2D eigenvalue weighted by Gasteiger charge is 2.66. The number of nitrogens with zero attached hydrogens (tertiary/aromatic N) is 4. The summed E-state index contributed by atoms with van der Waals surface area (Å²) in [6.45, 7) is 1.66. The van der Waals surface area contributed by atoms with Crippen molar-refractivity contribution in [2.75, 3.05) is 4.90 Å². The normalized spacial score (nSPS) is 29.5. The molecule has 30 heavy (non-hydrogen) atoms. The molecule has 1 N–H and O–H groups in total. The molecule has 150 valence electrons. The van der Waals surface area contributed by atoms with Crippen LogP contribution in [0.25, 0.3) is 10.9 Å². The largest absolute Gasteiger partial charge is 0.381 e. The van der Waals surface area contributed by atoms with Gasteiger partial charge in [0.05, 0.1) is 22.9 Å². The van der Waals surface area contributed by atoms with E-state index in [1.165, 1.54) is 20.7 Å². The van der Waals surface area contributed by atoms with Gasteiger partial charge in [0.2, 0.25) is 5.91 Å². The van der Waals surface area contributed by atoms with Crippen LogP contribution in [0.4, 0.5) is 5.69 Å². The number of hydrogen-bond acceptors (Lipinski definition) is 5. The van der Waals surface area contributed by atoms with Gasteiger partial charge in [-0.3, -0.25) is 23.9 Å². The van der Waals surface area contributed by atoms with E-state index in [1.807, 2.05) is 0 Å². The number of benzene rings is 2. The third kappa shape index (κ3) is 1.89. The van der Waals surface area contributed by atoms with Crippen LogP contribution in [0.1, 0.15) is 24.9 Å². The number of fused-ring (bicyclic) bond motifs is 4. The fourth-order valence-electron chi connectivity index (χ4n) is 5.26. The van der Waals surface area contributed by atoms with Gasteiger partial charge in [-0.25, -0.2) is 4.98 Å². The van der Waals surface area contributed by atoms with Crippen molar-refractivity contribution >= 4 is 28.4 Å². The summed E-state index contributed by atoms with van der Waals surface area (Å²) in [4.78, 5) is 47.0. The first kappa shape index (κ1) is 17.3. The lowest BCUT2D eigenvalue weighted by molar-refractivity contribution is -0.158. The first-order valence-corrected chi connectivity index (χ1v) is 9.86. The molecule has 8 heteroatoms. The van der Waals surface area contributed by atoms with Crippen molar-refractivity contribution in [2.24, 2.45) is 0 Å². The Morgan fingerprint density at radius 1 is 1.03 bits per heavy atom. The molecule has 4 atom stereocenters. The Morgan fingerprint density at radius 3 is 2.60 bits per heavy atom. The maximum absolute atomic E-state index is 13.5. The second kappa shape index (κ2) is 5.54. The zero-order chi connectivity index (χ0) is 20.8. The number of para-hydroxylation sites is 2. The lowest BCUT2D eigenvalue weighted by Gasteiger charge is -2.44. The van der Waals surface area contributed by atoms with Crippen LogP contribution in [0.15, 0.2) is 59.7 Å². The molecule has 0 saturated carbocycles. The van der Waals surface area contributed by atoms with Gasteiger partial charge in [0, 0.05) is 12.0 Å². The van der Waals surface area contributed by atoms with Crippen LogP contribution in [0, 0.1) is 0 Å².